The lowest BCUT2D eigenvalue weighted by atomic mass is 10.2. The number of rotatable bonds is 2. The van der Waals surface area contributed by atoms with Gasteiger partial charge in [-0.15, -0.1) is 0 Å². The van der Waals surface area contributed by atoms with Crippen molar-refractivity contribution in [1.29, 1.82) is 0 Å². The molecule has 4 aromatic rings. The van der Waals surface area contributed by atoms with Crippen LogP contribution in [0.5, 0.6) is 0 Å². The Morgan fingerprint density at radius 1 is 0.857 bits per heavy atom. The topological polar surface area (TPSA) is 63.6 Å². The summed E-state index contributed by atoms with van der Waals surface area (Å²) in [6.07, 6.45) is 6.79. The summed E-state index contributed by atoms with van der Waals surface area (Å²) in [4.78, 5) is 17.0. The standard InChI is InChI=1S/C16H11N5/c1-2-4-14-11(3-1)7-12(8-18-14)21-16-13-5-6-17-9-15(13)19-10-20-16/h1-10H,(H,19,20,21). The van der Waals surface area contributed by atoms with Gasteiger partial charge in [-0.05, 0) is 18.2 Å². The highest BCUT2D eigenvalue weighted by Gasteiger charge is 2.04. The van der Waals surface area contributed by atoms with E-state index in [0.717, 1.165) is 33.3 Å². The van der Waals surface area contributed by atoms with Crippen molar-refractivity contribution in [3.63, 3.8) is 0 Å². The fraction of sp³-hybridized carbons (Fsp3) is 0. The predicted molar refractivity (Wildman–Crippen MR) is 82.4 cm³/mol. The Morgan fingerprint density at radius 3 is 2.81 bits per heavy atom. The van der Waals surface area contributed by atoms with Gasteiger partial charge in [-0.25, -0.2) is 9.97 Å². The molecule has 5 nitrogen and oxygen atoms in total. The second kappa shape index (κ2) is 4.79. The zero-order chi connectivity index (χ0) is 14.1. The fourth-order valence-electron chi connectivity index (χ4n) is 2.28. The Balaban J connectivity index is 1.79. The summed E-state index contributed by atoms with van der Waals surface area (Å²) in [5.74, 6) is 0.750. The highest BCUT2D eigenvalue weighted by Crippen LogP contribution is 2.23. The van der Waals surface area contributed by atoms with Crippen LogP contribution in [0.4, 0.5) is 11.5 Å². The second-order valence-corrected chi connectivity index (χ2v) is 4.66. The Bertz CT molecular complexity index is 930. The van der Waals surface area contributed by atoms with Crippen LogP contribution in [0.25, 0.3) is 21.8 Å². The van der Waals surface area contributed by atoms with E-state index in [2.05, 4.69) is 31.3 Å². The SMILES string of the molecule is c1ccc2ncc(Nc3ncnc4cnccc34)cc2c1. The summed E-state index contributed by atoms with van der Waals surface area (Å²) in [6.45, 7) is 0. The minimum absolute atomic E-state index is 0.750. The second-order valence-electron chi connectivity index (χ2n) is 4.66. The van der Waals surface area contributed by atoms with Gasteiger partial charge in [-0.1, -0.05) is 18.2 Å². The number of aromatic nitrogens is 4. The number of nitrogens with one attached hydrogen (secondary N) is 1. The van der Waals surface area contributed by atoms with Crippen molar-refractivity contribution in [2.45, 2.75) is 0 Å². The first kappa shape index (κ1) is 11.7. The van der Waals surface area contributed by atoms with Crippen LogP contribution in [0.2, 0.25) is 0 Å². The molecule has 1 N–H and O–H groups in total. The van der Waals surface area contributed by atoms with Gasteiger partial charge in [-0.3, -0.25) is 9.97 Å². The molecule has 0 atom stereocenters. The van der Waals surface area contributed by atoms with Gasteiger partial charge in [0.05, 0.1) is 29.1 Å². The van der Waals surface area contributed by atoms with Crippen LogP contribution in [-0.2, 0) is 0 Å². The molecule has 0 bridgehead atoms. The van der Waals surface area contributed by atoms with E-state index in [1.165, 1.54) is 6.33 Å². The average molecular weight is 273 g/mol. The van der Waals surface area contributed by atoms with E-state index in [1.54, 1.807) is 18.6 Å². The first-order valence-electron chi connectivity index (χ1n) is 6.57. The number of nitrogens with zero attached hydrogens (tertiary/aromatic N) is 4. The summed E-state index contributed by atoms with van der Waals surface area (Å²) in [6, 6.07) is 12.0. The zero-order valence-corrected chi connectivity index (χ0v) is 11.1. The molecule has 0 radical (unpaired) electrons. The summed E-state index contributed by atoms with van der Waals surface area (Å²) in [7, 11) is 0. The molecule has 3 aromatic heterocycles. The maximum absolute atomic E-state index is 4.44. The number of fused-ring (bicyclic) bond motifs is 2. The van der Waals surface area contributed by atoms with E-state index >= 15 is 0 Å². The molecule has 0 amide bonds. The third-order valence-electron chi connectivity index (χ3n) is 3.29. The highest BCUT2D eigenvalue weighted by molar-refractivity contribution is 5.91. The molecule has 0 saturated heterocycles. The van der Waals surface area contributed by atoms with E-state index in [9.17, 15) is 0 Å². The van der Waals surface area contributed by atoms with Gasteiger partial charge in [0.15, 0.2) is 0 Å². The van der Waals surface area contributed by atoms with Crippen LogP contribution in [0.1, 0.15) is 0 Å². The van der Waals surface area contributed by atoms with Crippen molar-refractivity contribution in [1.82, 2.24) is 19.9 Å². The van der Waals surface area contributed by atoms with Crippen molar-refractivity contribution < 1.29 is 0 Å². The van der Waals surface area contributed by atoms with Gasteiger partial charge >= 0.3 is 0 Å². The lowest BCUT2D eigenvalue weighted by Gasteiger charge is -2.08. The maximum Gasteiger partial charge on any atom is 0.141 e. The number of pyridine rings is 2. The number of para-hydroxylation sites is 1. The summed E-state index contributed by atoms with van der Waals surface area (Å²) >= 11 is 0. The van der Waals surface area contributed by atoms with E-state index in [4.69, 9.17) is 0 Å². The summed E-state index contributed by atoms with van der Waals surface area (Å²) < 4.78 is 0. The molecule has 5 heteroatoms. The lowest BCUT2D eigenvalue weighted by Crippen LogP contribution is -1.96. The normalized spacial score (nSPS) is 10.9. The average Bonchev–Trinajstić information content (AvgIpc) is 2.55. The number of hydrogen-bond donors (Lipinski definition) is 1. The molecular weight excluding hydrogens is 262 g/mol. The van der Waals surface area contributed by atoms with Crippen LogP contribution in [0.15, 0.2) is 61.3 Å². The molecule has 100 valence electrons. The number of anilines is 2. The maximum atomic E-state index is 4.44. The molecular formula is C16H11N5. The van der Waals surface area contributed by atoms with Crippen molar-refractivity contribution in [3.05, 3.63) is 61.3 Å². The first-order chi connectivity index (χ1) is 10.4. The first-order valence-corrected chi connectivity index (χ1v) is 6.57. The Labute approximate surface area is 120 Å². The third kappa shape index (κ3) is 2.14. The molecule has 1 aromatic carbocycles. The van der Waals surface area contributed by atoms with Crippen LogP contribution in [-0.4, -0.2) is 19.9 Å². The fourth-order valence-corrected chi connectivity index (χ4v) is 2.28. The molecule has 0 unspecified atom stereocenters. The molecule has 0 spiro atoms. The van der Waals surface area contributed by atoms with Crippen molar-refractivity contribution in [2.24, 2.45) is 0 Å². The smallest absolute Gasteiger partial charge is 0.141 e. The molecule has 0 aliphatic carbocycles. The van der Waals surface area contributed by atoms with E-state index in [0.29, 0.717) is 0 Å². The van der Waals surface area contributed by atoms with Crippen LogP contribution < -0.4 is 5.32 Å². The van der Waals surface area contributed by atoms with Gasteiger partial charge in [0.1, 0.15) is 12.1 Å². The molecule has 0 saturated carbocycles. The van der Waals surface area contributed by atoms with Gasteiger partial charge < -0.3 is 5.32 Å². The summed E-state index contributed by atoms with van der Waals surface area (Å²) in [5.41, 5.74) is 2.68. The lowest BCUT2D eigenvalue weighted by molar-refractivity contribution is 1.20. The van der Waals surface area contributed by atoms with Gasteiger partial charge in [0.2, 0.25) is 0 Å². The summed E-state index contributed by atoms with van der Waals surface area (Å²) in [5, 5.41) is 5.31. The predicted octanol–water partition coefficient (Wildman–Crippen LogP) is 3.32. The Hall–Kier alpha value is -3.08. The van der Waals surface area contributed by atoms with Crippen LogP contribution in [0.3, 0.4) is 0 Å². The van der Waals surface area contributed by atoms with Crippen LogP contribution >= 0.6 is 0 Å². The van der Waals surface area contributed by atoms with Crippen molar-refractivity contribution >= 4 is 33.3 Å². The Morgan fingerprint density at radius 2 is 1.81 bits per heavy atom. The molecule has 0 fully saturated rings. The van der Waals surface area contributed by atoms with Gasteiger partial charge in [0, 0.05) is 17.0 Å². The quantitative estimate of drug-likeness (QED) is 0.607. The minimum atomic E-state index is 0.750. The zero-order valence-electron chi connectivity index (χ0n) is 11.1. The molecule has 4 rings (SSSR count). The minimum Gasteiger partial charge on any atom is -0.338 e. The van der Waals surface area contributed by atoms with E-state index in [-0.39, 0.29) is 0 Å². The molecule has 0 aliphatic rings. The van der Waals surface area contributed by atoms with E-state index < -0.39 is 0 Å². The Kier molecular flexibility index (Phi) is 2.67. The van der Waals surface area contributed by atoms with E-state index in [1.807, 2.05) is 30.3 Å². The molecule has 3 heterocycles. The van der Waals surface area contributed by atoms with Gasteiger partial charge in [0.25, 0.3) is 0 Å². The highest BCUT2D eigenvalue weighted by atomic mass is 15.0. The van der Waals surface area contributed by atoms with Crippen LogP contribution in [0, 0.1) is 0 Å². The van der Waals surface area contributed by atoms with Crippen molar-refractivity contribution in [2.75, 3.05) is 5.32 Å². The molecule has 21 heavy (non-hydrogen) atoms. The van der Waals surface area contributed by atoms with Crippen molar-refractivity contribution in [3.8, 4) is 0 Å². The third-order valence-corrected chi connectivity index (χ3v) is 3.29. The van der Waals surface area contributed by atoms with Gasteiger partial charge in [-0.2, -0.15) is 0 Å². The number of hydrogen-bond acceptors (Lipinski definition) is 5. The largest absolute Gasteiger partial charge is 0.338 e. The molecule has 0 aliphatic heterocycles. The number of benzene rings is 1. The monoisotopic (exact) mass is 273 g/mol.